The van der Waals surface area contributed by atoms with Gasteiger partial charge in [0.05, 0.1) is 23.9 Å². The van der Waals surface area contributed by atoms with Crippen molar-refractivity contribution in [2.75, 3.05) is 0 Å². The molecule has 3 aromatic rings. The van der Waals surface area contributed by atoms with E-state index in [1.807, 2.05) is 28.9 Å². The first-order chi connectivity index (χ1) is 18.8. The van der Waals surface area contributed by atoms with Gasteiger partial charge in [0.15, 0.2) is 0 Å². The summed E-state index contributed by atoms with van der Waals surface area (Å²) in [6.07, 6.45) is 8.97. The number of hydrogen-bond acceptors (Lipinski definition) is 2. The number of fused-ring (bicyclic) bond motifs is 3. The molecule has 4 nitrogen and oxygen atoms in total. The van der Waals surface area contributed by atoms with Crippen molar-refractivity contribution in [3.05, 3.63) is 77.2 Å². The largest absolute Gasteiger partial charge is 0.353 e. The first-order valence-electron chi connectivity index (χ1n) is 15.0. The van der Waals surface area contributed by atoms with Crippen LogP contribution in [0.2, 0.25) is 0 Å². The maximum Gasteiger partial charge on any atom is 0.229 e. The Morgan fingerprint density at radius 1 is 1.15 bits per heavy atom. The second kappa shape index (κ2) is 10.6. The van der Waals surface area contributed by atoms with Gasteiger partial charge in [-0.3, -0.25) is 9.48 Å². The van der Waals surface area contributed by atoms with Gasteiger partial charge in [-0.15, -0.1) is 0 Å². The van der Waals surface area contributed by atoms with Crippen LogP contribution < -0.4 is 5.32 Å². The summed E-state index contributed by atoms with van der Waals surface area (Å²) in [5.41, 5.74) is 5.01. The summed E-state index contributed by atoms with van der Waals surface area (Å²) in [5.74, 6) is 2.07. The SMILES string of the molecule is CC1CC2CC1CCC(C)(C(C)NC(=O)C1CCCc3c1nn(Cc1ccccc1)c3-c1cccc(F)c1)C2. The number of benzene rings is 2. The van der Waals surface area contributed by atoms with Gasteiger partial charge in [0.25, 0.3) is 0 Å². The molecule has 3 aliphatic rings. The molecule has 6 rings (SSSR count). The van der Waals surface area contributed by atoms with E-state index in [0.29, 0.717) is 6.54 Å². The van der Waals surface area contributed by atoms with Gasteiger partial charge in [0.1, 0.15) is 5.82 Å². The third-order valence-electron chi connectivity index (χ3n) is 10.3. The molecule has 6 atom stereocenters. The van der Waals surface area contributed by atoms with Gasteiger partial charge in [-0.25, -0.2) is 4.39 Å². The molecule has 0 spiro atoms. The lowest BCUT2D eigenvalue weighted by Gasteiger charge is -2.39. The van der Waals surface area contributed by atoms with Crippen molar-refractivity contribution in [2.45, 2.75) is 90.6 Å². The van der Waals surface area contributed by atoms with E-state index >= 15 is 0 Å². The Morgan fingerprint density at radius 2 is 1.97 bits per heavy atom. The van der Waals surface area contributed by atoms with Crippen molar-refractivity contribution >= 4 is 5.91 Å². The summed E-state index contributed by atoms with van der Waals surface area (Å²) in [5, 5.41) is 8.56. The van der Waals surface area contributed by atoms with Crippen LogP contribution in [-0.2, 0) is 17.8 Å². The zero-order valence-electron chi connectivity index (χ0n) is 23.6. The fraction of sp³-hybridized carbons (Fsp3) is 0.529. The number of rotatable bonds is 6. The minimum Gasteiger partial charge on any atom is -0.353 e. The van der Waals surface area contributed by atoms with E-state index in [4.69, 9.17) is 5.10 Å². The molecule has 5 heteroatoms. The molecule has 1 aromatic heterocycles. The number of carbonyl (C=O) groups excluding carboxylic acids is 1. The Hall–Kier alpha value is -2.95. The number of nitrogens with one attached hydrogen (secondary N) is 1. The lowest BCUT2D eigenvalue weighted by Crippen LogP contribution is -2.47. The van der Waals surface area contributed by atoms with Crippen LogP contribution in [0.5, 0.6) is 0 Å². The molecule has 3 aliphatic carbocycles. The molecule has 1 amide bonds. The molecule has 0 saturated heterocycles. The van der Waals surface area contributed by atoms with E-state index in [9.17, 15) is 9.18 Å². The highest BCUT2D eigenvalue weighted by molar-refractivity contribution is 5.85. The van der Waals surface area contributed by atoms with E-state index in [1.165, 1.54) is 38.2 Å². The molecule has 0 radical (unpaired) electrons. The van der Waals surface area contributed by atoms with Crippen LogP contribution in [0.1, 0.15) is 88.5 Å². The Bertz CT molecular complexity index is 1330. The molecule has 1 heterocycles. The maximum absolute atomic E-state index is 14.3. The van der Waals surface area contributed by atoms with Gasteiger partial charge < -0.3 is 5.32 Å². The predicted molar refractivity (Wildman–Crippen MR) is 154 cm³/mol. The van der Waals surface area contributed by atoms with Crippen molar-refractivity contribution in [2.24, 2.45) is 23.2 Å². The van der Waals surface area contributed by atoms with E-state index in [1.54, 1.807) is 12.1 Å². The summed E-state index contributed by atoms with van der Waals surface area (Å²) < 4.78 is 16.3. The Labute approximate surface area is 232 Å². The molecule has 2 aromatic carbocycles. The second-order valence-electron chi connectivity index (χ2n) is 13.0. The summed E-state index contributed by atoms with van der Waals surface area (Å²) in [4.78, 5) is 13.9. The highest BCUT2D eigenvalue weighted by atomic mass is 19.1. The number of aromatic nitrogens is 2. The van der Waals surface area contributed by atoms with Gasteiger partial charge in [-0.05, 0) is 99.2 Å². The van der Waals surface area contributed by atoms with E-state index < -0.39 is 0 Å². The number of halogens is 1. The Morgan fingerprint density at radius 3 is 2.77 bits per heavy atom. The van der Waals surface area contributed by atoms with Gasteiger partial charge in [0.2, 0.25) is 5.91 Å². The van der Waals surface area contributed by atoms with Gasteiger partial charge in [-0.1, -0.05) is 56.3 Å². The van der Waals surface area contributed by atoms with Gasteiger partial charge in [-0.2, -0.15) is 5.10 Å². The molecule has 1 N–H and O–H groups in total. The summed E-state index contributed by atoms with van der Waals surface area (Å²) in [7, 11) is 0. The smallest absolute Gasteiger partial charge is 0.229 e. The van der Waals surface area contributed by atoms with Crippen LogP contribution in [0.25, 0.3) is 11.3 Å². The minimum atomic E-state index is -0.272. The number of nitrogens with zero attached hydrogens (tertiary/aromatic N) is 2. The van der Waals surface area contributed by atoms with Crippen molar-refractivity contribution in [3.63, 3.8) is 0 Å². The van der Waals surface area contributed by atoms with Crippen LogP contribution in [-0.4, -0.2) is 21.7 Å². The molecule has 0 aliphatic heterocycles. The van der Waals surface area contributed by atoms with Gasteiger partial charge >= 0.3 is 0 Å². The first kappa shape index (κ1) is 26.3. The van der Waals surface area contributed by atoms with Crippen LogP contribution in [0.15, 0.2) is 54.6 Å². The highest BCUT2D eigenvalue weighted by Crippen LogP contribution is 2.51. The molecular formula is C34H42FN3O. The monoisotopic (exact) mass is 527 g/mol. The van der Waals surface area contributed by atoms with Crippen molar-refractivity contribution in [1.29, 1.82) is 0 Å². The number of carbonyl (C=O) groups is 1. The molecule has 2 fully saturated rings. The molecule has 39 heavy (non-hydrogen) atoms. The normalized spacial score (nSPS) is 28.9. The topological polar surface area (TPSA) is 46.9 Å². The molecule has 2 bridgehead atoms. The quantitative estimate of drug-likeness (QED) is 0.360. The Kier molecular flexibility index (Phi) is 7.11. The van der Waals surface area contributed by atoms with Crippen molar-refractivity contribution in [3.8, 4) is 11.3 Å². The van der Waals surface area contributed by atoms with Crippen LogP contribution >= 0.6 is 0 Å². The average molecular weight is 528 g/mol. The van der Waals surface area contributed by atoms with Crippen molar-refractivity contribution < 1.29 is 9.18 Å². The maximum atomic E-state index is 14.3. The lowest BCUT2D eigenvalue weighted by atomic mass is 9.71. The third-order valence-corrected chi connectivity index (χ3v) is 10.3. The fourth-order valence-corrected chi connectivity index (χ4v) is 7.95. The molecule has 6 unspecified atom stereocenters. The number of amides is 1. The third kappa shape index (κ3) is 5.17. The molecular weight excluding hydrogens is 485 g/mol. The standard InChI is InChI=1S/C34H42FN3O/c1-22-17-25-18-26(22)15-16-34(3,20-25)23(2)36-33(39)30-14-8-13-29-31(30)37-38(21-24-9-5-4-6-10-24)32(29)27-11-7-12-28(35)19-27/h4-7,9-12,19,22-23,25-26,30H,8,13-18,20-21H2,1-3H3,(H,36,39). The molecule has 2 saturated carbocycles. The highest BCUT2D eigenvalue weighted by Gasteiger charge is 2.44. The zero-order valence-corrected chi connectivity index (χ0v) is 23.6. The van der Waals surface area contributed by atoms with E-state index in [0.717, 1.165) is 65.1 Å². The fourth-order valence-electron chi connectivity index (χ4n) is 7.95. The average Bonchev–Trinajstić information content (AvgIpc) is 3.40. The lowest BCUT2D eigenvalue weighted by molar-refractivity contribution is -0.124. The van der Waals surface area contributed by atoms with Crippen molar-refractivity contribution in [1.82, 2.24) is 15.1 Å². The zero-order chi connectivity index (χ0) is 27.1. The summed E-state index contributed by atoms with van der Waals surface area (Å²) in [6, 6.07) is 17.1. The Balaban J connectivity index is 1.28. The molecule has 206 valence electrons. The summed E-state index contributed by atoms with van der Waals surface area (Å²) >= 11 is 0. The van der Waals surface area contributed by atoms with Crippen LogP contribution in [0.4, 0.5) is 4.39 Å². The van der Waals surface area contributed by atoms with E-state index in [-0.39, 0.29) is 29.1 Å². The summed E-state index contributed by atoms with van der Waals surface area (Å²) in [6.45, 7) is 7.63. The predicted octanol–water partition coefficient (Wildman–Crippen LogP) is 7.51. The van der Waals surface area contributed by atoms with E-state index in [2.05, 4.69) is 38.2 Å². The van der Waals surface area contributed by atoms with Crippen LogP contribution in [0.3, 0.4) is 0 Å². The minimum absolute atomic E-state index is 0.0996. The van der Waals surface area contributed by atoms with Crippen LogP contribution in [0, 0.1) is 29.0 Å². The van der Waals surface area contributed by atoms with Gasteiger partial charge in [0, 0.05) is 17.2 Å². The first-order valence-corrected chi connectivity index (χ1v) is 15.0. The second-order valence-corrected chi connectivity index (χ2v) is 13.0. The number of hydrogen-bond donors (Lipinski definition) is 1.